The lowest BCUT2D eigenvalue weighted by Gasteiger charge is -2.17. The molecule has 9 heteroatoms. The van der Waals surface area contributed by atoms with E-state index < -0.39 is 5.25 Å². The van der Waals surface area contributed by atoms with Gasteiger partial charge in [0.1, 0.15) is 5.82 Å². The molecule has 0 saturated carbocycles. The van der Waals surface area contributed by atoms with Crippen molar-refractivity contribution >= 4 is 46.0 Å². The Bertz CT molecular complexity index is 1400. The van der Waals surface area contributed by atoms with Crippen molar-refractivity contribution in [2.45, 2.75) is 44.1 Å². The molecule has 0 saturated heterocycles. The zero-order valence-electron chi connectivity index (χ0n) is 18.7. The second-order valence-corrected chi connectivity index (χ2v) is 9.78. The largest absolute Gasteiger partial charge is 0.310 e. The van der Waals surface area contributed by atoms with E-state index in [1.165, 1.54) is 11.8 Å². The topological polar surface area (TPSA) is 81.8 Å². The average Bonchev–Trinajstić information content (AvgIpc) is 3.22. The SMILES string of the molecule is Cc1cccc(-n2c(SC(C)C(=O)Nc3ccnn3C(C)C)nc3cc(Cl)ccc3c2=O)c1. The summed E-state index contributed by atoms with van der Waals surface area (Å²) in [6.45, 7) is 7.73. The highest BCUT2D eigenvalue weighted by molar-refractivity contribution is 8.00. The number of thioether (sulfide) groups is 1. The minimum atomic E-state index is -0.528. The van der Waals surface area contributed by atoms with Crippen molar-refractivity contribution in [1.29, 1.82) is 0 Å². The number of benzene rings is 2. The van der Waals surface area contributed by atoms with Crippen LogP contribution in [0.1, 0.15) is 32.4 Å². The van der Waals surface area contributed by atoms with Crippen molar-refractivity contribution in [2.75, 3.05) is 5.32 Å². The first kappa shape index (κ1) is 23.1. The first-order valence-corrected chi connectivity index (χ1v) is 11.8. The van der Waals surface area contributed by atoms with Crippen LogP contribution in [0.4, 0.5) is 5.82 Å². The fourth-order valence-electron chi connectivity index (χ4n) is 3.48. The van der Waals surface area contributed by atoms with Gasteiger partial charge < -0.3 is 5.32 Å². The van der Waals surface area contributed by atoms with Crippen molar-refractivity contribution in [1.82, 2.24) is 19.3 Å². The molecule has 0 aliphatic carbocycles. The van der Waals surface area contributed by atoms with E-state index in [-0.39, 0.29) is 17.5 Å². The Morgan fingerprint density at radius 1 is 1.12 bits per heavy atom. The van der Waals surface area contributed by atoms with E-state index in [4.69, 9.17) is 16.6 Å². The van der Waals surface area contributed by atoms with Crippen LogP contribution in [0.3, 0.4) is 0 Å². The predicted molar refractivity (Wildman–Crippen MR) is 134 cm³/mol. The van der Waals surface area contributed by atoms with Gasteiger partial charge in [-0.15, -0.1) is 0 Å². The second-order valence-electron chi connectivity index (χ2n) is 8.04. The van der Waals surface area contributed by atoms with Crippen molar-refractivity contribution in [2.24, 2.45) is 0 Å². The van der Waals surface area contributed by atoms with Crippen LogP contribution in [0.25, 0.3) is 16.6 Å². The van der Waals surface area contributed by atoms with Gasteiger partial charge in [0.25, 0.3) is 5.56 Å². The van der Waals surface area contributed by atoms with Gasteiger partial charge in [0, 0.05) is 17.1 Å². The van der Waals surface area contributed by atoms with Crippen LogP contribution in [0.15, 0.2) is 64.7 Å². The number of nitrogens with zero attached hydrogens (tertiary/aromatic N) is 4. The Hall–Kier alpha value is -3.10. The fourth-order valence-corrected chi connectivity index (χ4v) is 4.57. The van der Waals surface area contributed by atoms with Crippen molar-refractivity contribution < 1.29 is 4.79 Å². The van der Waals surface area contributed by atoms with E-state index in [1.807, 2.05) is 45.0 Å². The summed E-state index contributed by atoms with van der Waals surface area (Å²) >= 11 is 7.37. The van der Waals surface area contributed by atoms with Crippen LogP contribution in [0, 0.1) is 6.92 Å². The highest BCUT2D eigenvalue weighted by Crippen LogP contribution is 2.27. The number of hydrogen-bond donors (Lipinski definition) is 1. The molecule has 2 aromatic carbocycles. The maximum atomic E-state index is 13.5. The minimum absolute atomic E-state index is 0.108. The van der Waals surface area contributed by atoms with Crippen LogP contribution in [-0.2, 0) is 4.79 Å². The molecule has 1 atom stereocenters. The van der Waals surface area contributed by atoms with E-state index in [0.717, 1.165) is 5.56 Å². The van der Waals surface area contributed by atoms with E-state index in [0.29, 0.717) is 32.6 Å². The maximum absolute atomic E-state index is 13.5. The molecule has 4 aromatic rings. The molecular weight excluding hydrogens is 458 g/mol. The van der Waals surface area contributed by atoms with Crippen LogP contribution in [0.2, 0.25) is 5.02 Å². The molecule has 1 unspecified atom stereocenters. The van der Waals surface area contributed by atoms with Gasteiger partial charge in [-0.2, -0.15) is 5.10 Å². The number of fused-ring (bicyclic) bond motifs is 1. The second kappa shape index (κ2) is 9.41. The summed E-state index contributed by atoms with van der Waals surface area (Å²) in [4.78, 5) is 31.2. The number of aryl methyl sites for hydroxylation is 1. The lowest BCUT2D eigenvalue weighted by Crippen LogP contribution is -2.27. The van der Waals surface area contributed by atoms with E-state index in [1.54, 1.807) is 46.6 Å². The number of hydrogen-bond acceptors (Lipinski definition) is 5. The average molecular weight is 482 g/mol. The van der Waals surface area contributed by atoms with Crippen LogP contribution in [-0.4, -0.2) is 30.5 Å². The predicted octanol–water partition coefficient (Wildman–Crippen LogP) is 5.24. The summed E-state index contributed by atoms with van der Waals surface area (Å²) in [5.41, 5.74) is 1.98. The number of nitrogens with one attached hydrogen (secondary N) is 1. The van der Waals surface area contributed by atoms with Gasteiger partial charge in [-0.25, -0.2) is 9.67 Å². The molecule has 0 aliphatic rings. The van der Waals surface area contributed by atoms with E-state index >= 15 is 0 Å². The zero-order valence-corrected chi connectivity index (χ0v) is 20.3. The van der Waals surface area contributed by atoms with Crippen molar-refractivity contribution in [3.05, 3.63) is 75.7 Å². The standard InChI is InChI=1S/C24H24ClN5O2S/c1-14(2)30-21(10-11-26-30)28-22(31)16(4)33-24-27-20-13-17(25)8-9-19(20)23(32)29(24)18-7-5-6-15(3)12-18/h5-14,16H,1-4H3,(H,28,31). The van der Waals surface area contributed by atoms with Crippen LogP contribution in [0.5, 0.6) is 0 Å². The summed E-state index contributed by atoms with van der Waals surface area (Å²) in [5, 5.41) is 8.02. The Balaban J connectivity index is 1.74. The molecule has 0 bridgehead atoms. The smallest absolute Gasteiger partial charge is 0.266 e. The summed E-state index contributed by atoms with van der Waals surface area (Å²) in [6.07, 6.45) is 1.65. The van der Waals surface area contributed by atoms with Gasteiger partial charge in [-0.1, -0.05) is 35.5 Å². The number of carbonyl (C=O) groups excluding carboxylic acids is 1. The molecule has 0 fully saturated rings. The van der Waals surface area contributed by atoms with Gasteiger partial charge in [-0.3, -0.25) is 14.2 Å². The number of amides is 1. The number of anilines is 1. The van der Waals surface area contributed by atoms with E-state index in [2.05, 4.69) is 10.4 Å². The molecule has 1 N–H and O–H groups in total. The lowest BCUT2D eigenvalue weighted by atomic mass is 10.2. The number of carbonyl (C=O) groups is 1. The monoisotopic (exact) mass is 481 g/mol. The molecule has 2 heterocycles. The van der Waals surface area contributed by atoms with Crippen molar-refractivity contribution in [3.63, 3.8) is 0 Å². The normalized spacial score (nSPS) is 12.3. The van der Waals surface area contributed by atoms with Gasteiger partial charge in [0.15, 0.2) is 5.16 Å². The molecule has 0 spiro atoms. The third kappa shape index (κ3) is 4.82. The summed E-state index contributed by atoms with van der Waals surface area (Å²) in [7, 11) is 0. The van der Waals surface area contributed by atoms with Crippen molar-refractivity contribution in [3.8, 4) is 5.69 Å². The molecule has 170 valence electrons. The molecule has 7 nitrogen and oxygen atoms in total. The summed E-state index contributed by atoms with van der Waals surface area (Å²) in [6, 6.07) is 14.5. The molecule has 33 heavy (non-hydrogen) atoms. The van der Waals surface area contributed by atoms with Crippen LogP contribution >= 0.6 is 23.4 Å². The first-order valence-electron chi connectivity index (χ1n) is 10.5. The Morgan fingerprint density at radius 3 is 2.64 bits per heavy atom. The maximum Gasteiger partial charge on any atom is 0.266 e. The summed E-state index contributed by atoms with van der Waals surface area (Å²) in [5.74, 6) is 0.412. The number of halogens is 1. The molecule has 2 aromatic heterocycles. The molecular formula is C24H24ClN5O2S. The van der Waals surface area contributed by atoms with Gasteiger partial charge >= 0.3 is 0 Å². The Morgan fingerprint density at radius 2 is 1.91 bits per heavy atom. The van der Waals surface area contributed by atoms with Gasteiger partial charge in [0.2, 0.25) is 5.91 Å². The highest BCUT2D eigenvalue weighted by atomic mass is 35.5. The zero-order chi connectivity index (χ0) is 23.7. The third-order valence-corrected chi connectivity index (χ3v) is 6.41. The van der Waals surface area contributed by atoms with Gasteiger partial charge in [0.05, 0.1) is 28.0 Å². The fraction of sp³-hybridized carbons (Fsp3) is 0.250. The molecule has 4 rings (SSSR count). The first-order chi connectivity index (χ1) is 15.7. The molecule has 0 aliphatic heterocycles. The van der Waals surface area contributed by atoms with Gasteiger partial charge in [-0.05, 0) is 63.6 Å². The summed E-state index contributed by atoms with van der Waals surface area (Å²) < 4.78 is 3.30. The Labute approximate surface area is 200 Å². The highest BCUT2D eigenvalue weighted by Gasteiger charge is 2.22. The molecule has 1 amide bonds. The Kier molecular flexibility index (Phi) is 6.58. The lowest BCUT2D eigenvalue weighted by molar-refractivity contribution is -0.115. The minimum Gasteiger partial charge on any atom is -0.310 e. The number of aromatic nitrogens is 4. The number of rotatable bonds is 6. The molecule has 0 radical (unpaired) electrons. The third-order valence-electron chi connectivity index (χ3n) is 5.12. The van der Waals surface area contributed by atoms with E-state index in [9.17, 15) is 9.59 Å². The quantitative estimate of drug-likeness (QED) is 0.300. The van der Waals surface area contributed by atoms with Crippen LogP contribution < -0.4 is 10.9 Å².